The van der Waals surface area contributed by atoms with Gasteiger partial charge in [0.1, 0.15) is 18.1 Å². The number of furan rings is 1. The van der Waals surface area contributed by atoms with Crippen molar-refractivity contribution in [2.45, 2.75) is 26.9 Å². The molecular formula is C25H25N3O5. The van der Waals surface area contributed by atoms with E-state index in [2.05, 4.69) is 10.9 Å². The fraction of sp³-hybridized carbons (Fsp3) is 0.240. The number of nitrogens with one attached hydrogen (secondary N) is 2. The third-order valence-electron chi connectivity index (χ3n) is 5.67. The molecule has 2 heterocycles. The maximum Gasteiger partial charge on any atom is 0.305 e. The van der Waals surface area contributed by atoms with Crippen LogP contribution in [0.4, 0.5) is 5.69 Å². The van der Waals surface area contributed by atoms with Crippen LogP contribution in [0, 0.1) is 19.8 Å². The minimum absolute atomic E-state index is 0.0430. The van der Waals surface area contributed by atoms with Crippen molar-refractivity contribution in [1.82, 2.24) is 10.9 Å². The molecule has 4 rings (SSSR count). The normalized spacial score (nSPS) is 15.4. The standard InChI is InChI=1S/C25H25N3O5/c1-16-7-6-10-21(17(16)2)28-14-18(13-23(28)29)24(30)26-27-25(31)22-12-11-20(33-22)15-32-19-8-4-3-5-9-19/h3-12,18H,13-15H2,1-2H3,(H,26,30)(H,27,31). The molecule has 1 atom stereocenters. The van der Waals surface area contributed by atoms with E-state index in [0.717, 1.165) is 16.8 Å². The van der Waals surface area contributed by atoms with Gasteiger partial charge in [-0.3, -0.25) is 25.2 Å². The average Bonchev–Trinajstić information content (AvgIpc) is 3.45. The lowest BCUT2D eigenvalue weighted by molar-refractivity contribution is -0.126. The van der Waals surface area contributed by atoms with Crippen LogP contribution in [0.15, 0.2) is 65.1 Å². The lowest BCUT2D eigenvalue weighted by atomic mass is 10.1. The van der Waals surface area contributed by atoms with Gasteiger partial charge in [-0.15, -0.1) is 0 Å². The Hall–Kier alpha value is -4.07. The molecule has 1 aromatic heterocycles. The van der Waals surface area contributed by atoms with Crippen molar-refractivity contribution in [2.75, 3.05) is 11.4 Å². The summed E-state index contributed by atoms with van der Waals surface area (Å²) in [4.78, 5) is 39.0. The Labute approximate surface area is 191 Å². The first kappa shape index (κ1) is 22.1. The van der Waals surface area contributed by atoms with E-state index in [1.54, 1.807) is 11.0 Å². The number of para-hydroxylation sites is 1. The van der Waals surface area contributed by atoms with Gasteiger partial charge in [-0.2, -0.15) is 0 Å². The number of hydrogen-bond acceptors (Lipinski definition) is 5. The van der Waals surface area contributed by atoms with Crippen LogP contribution in [0.1, 0.15) is 33.9 Å². The highest BCUT2D eigenvalue weighted by molar-refractivity contribution is 6.01. The predicted molar refractivity (Wildman–Crippen MR) is 121 cm³/mol. The van der Waals surface area contributed by atoms with Crippen molar-refractivity contribution in [3.8, 4) is 5.75 Å². The van der Waals surface area contributed by atoms with Crippen LogP contribution in [0.2, 0.25) is 0 Å². The summed E-state index contributed by atoms with van der Waals surface area (Å²) in [5.74, 6) is -0.502. The van der Waals surface area contributed by atoms with Gasteiger partial charge in [0.25, 0.3) is 0 Å². The van der Waals surface area contributed by atoms with E-state index < -0.39 is 17.7 Å². The first-order chi connectivity index (χ1) is 15.9. The van der Waals surface area contributed by atoms with Gasteiger partial charge >= 0.3 is 5.91 Å². The molecule has 8 heteroatoms. The molecular weight excluding hydrogens is 422 g/mol. The smallest absolute Gasteiger partial charge is 0.305 e. The lowest BCUT2D eigenvalue weighted by Crippen LogP contribution is -2.45. The average molecular weight is 447 g/mol. The number of hydrazine groups is 1. The third kappa shape index (κ3) is 5.06. The molecule has 0 spiro atoms. The van der Waals surface area contributed by atoms with E-state index in [1.807, 2.05) is 62.4 Å². The Morgan fingerprint density at radius 3 is 2.61 bits per heavy atom. The number of aryl methyl sites for hydroxylation is 1. The summed E-state index contributed by atoms with van der Waals surface area (Å²) in [6.07, 6.45) is 0.0802. The number of rotatable bonds is 6. The molecule has 0 aliphatic carbocycles. The zero-order chi connectivity index (χ0) is 23.4. The molecule has 1 saturated heterocycles. The van der Waals surface area contributed by atoms with Gasteiger partial charge in [0.15, 0.2) is 5.76 Å². The van der Waals surface area contributed by atoms with Crippen LogP contribution >= 0.6 is 0 Å². The summed E-state index contributed by atoms with van der Waals surface area (Å²) in [7, 11) is 0. The number of carbonyl (C=O) groups is 3. The first-order valence-corrected chi connectivity index (χ1v) is 10.7. The third-order valence-corrected chi connectivity index (χ3v) is 5.67. The van der Waals surface area contributed by atoms with E-state index in [9.17, 15) is 14.4 Å². The molecule has 0 radical (unpaired) electrons. The van der Waals surface area contributed by atoms with Gasteiger partial charge in [-0.1, -0.05) is 30.3 Å². The number of hydrogen-bond donors (Lipinski definition) is 2. The van der Waals surface area contributed by atoms with Crippen molar-refractivity contribution in [3.63, 3.8) is 0 Å². The molecule has 170 valence electrons. The number of anilines is 1. The molecule has 0 saturated carbocycles. The van der Waals surface area contributed by atoms with E-state index in [4.69, 9.17) is 9.15 Å². The fourth-order valence-electron chi connectivity index (χ4n) is 3.67. The van der Waals surface area contributed by atoms with Crippen molar-refractivity contribution in [3.05, 3.63) is 83.3 Å². The Morgan fingerprint density at radius 1 is 1.03 bits per heavy atom. The monoisotopic (exact) mass is 447 g/mol. The lowest BCUT2D eigenvalue weighted by Gasteiger charge is -2.20. The Morgan fingerprint density at radius 2 is 1.82 bits per heavy atom. The second kappa shape index (κ2) is 9.60. The summed E-state index contributed by atoms with van der Waals surface area (Å²) >= 11 is 0. The zero-order valence-electron chi connectivity index (χ0n) is 18.5. The molecule has 1 aliphatic heterocycles. The summed E-state index contributed by atoms with van der Waals surface area (Å²) in [5.41, 5.74) is 7.64. The number of amides is 3. The van der Waals surface area contributed by atoms with Crippen LogP contribution < -0.4 is 20.5 Å². The molecule has 1 aliphatic rings. The van der Waals surface area contributed by atoms with Crippen LogP contribution in [-0.2, 0) is 16.2 Å². The Bertz CT molecular complexity index is 1170. The van der Waals surface area contributed by atoms with Crippen molar-refractivity contribution in [1.29, 1.82) is 0 Å². The zero-order valence-corrected chi connectivity index (χ0v) is 18.5. The van der Waals surface area contributed by atoms with Gasteiger partial charge < -0.3 is 14.1 Å². The second-order valence-corrected chi connectivity index (χ2v) is 7.94. The predicted octanol–water partition coefficient (Wildman–Crippen LogP) is 3.29. The van der Waals surface area contributed by atoms with Gasteiger partial charge in [0, 0.05) is 18.7 Å². The summed E-state index contributed by atoms with van der Waals surface area (Å²) in [6.45, 7) is 4.36. The van der Waals surface area contributed by atoms with Crippen LogP contribution in [0.5, 0.6) is 5.75 Å². The highest BCUT2D eigenvalue weighted by atomic mass is 16.5. The minimum Gasteiger partial charge on any atom is -0.486 e. The highest BCUT2D eigenvalue weighted by Gasteiger charge is 2.36. The largest absolute Gasteiger partial charge is 0.486 e. The Kier molecular flexibility index (Phi) is 6.44. The molecule has 3 amide bonds. The molecule has 3 aromatic rings. The van der Waals surface area contributed by atoms with Crippen LogP contribution in [0.25, 0.3) is 0 Å². The second-order valence-electron chi connectivity index (χ2n) is 7.94. The SMILES string of the molecule is Cc1cccc(N2CC(C(=O)NNC(=O)c3ccc(COc4ccccc4)o3)CC2=O)c1C. The van der Waals surface area contributed by atoms with Crippen LogP contribution in [0.3, 0.4) is 0 Å². The molecule has 1 unspecified atom stereocenters. The fourth-order valence-corrected chi connectivity index (χ4v) is 3.67. The topological polar surface area (TPSA) is 101 Å². The summed E-state index contributed by atoms with van der Waals surface area (Å²) < 4.78 is 11.1. The number of carbonyl (C=O) groups excluding carboxylic acids is 3. The Balaban J connectivity index is 1.29. The molecule has 2 N–H and O–H groups in total. The first-order valence-electron chi connectivity index (χ1n) is 10.7. The van der Waals surface area contributed by atoms with E-state index in [0.29, 0.717) is 11.5 Å². The van der Waals surface area contributed by atoms with E-state index >= 15 is 0 Å². The number of ether oxygens (including phenoxy) is 1. The molecule has 2 aromatic carbocycles. The molecule has 8 nitrogen and oxygen atoms in total. The number of nitrogens with zero attached hydrogens (tertiary/aromatic N) is 1. The molecule has 33 heavy (non-hydrogen) atoms. The summed E-state index contributed by atoms with van der Waals surface area (Å²) in [6, 6.07) is 18.1. The molecule has 1 fully saturated rings. The van der Waals surface area contributed by atoms with E-state index in [1.165, 1.54) is 6.07 Å². The van der Waals surface area contributed by atoms with Gasteiger partial charge in [0.05, 0.1) is 5.92 Å². The van der Waals surface area contributed by atoms with Gasteiger partial charge in [-0.25, -0.2) is 0 Å². The van der Waals surface area contributed by atoms with Gasteiger partial charge in [-0.05, 0) is 55.3 Å². The van der Waals surface area contributed by atoms with Gasteiger partial charge in [0.2, 0.25) is 11.8 Å². The number of benzene rings is 2. The molecule has 0 bridgehead atoms. The minimum atomic E-state index is -0.593. The van der Waals surface area contributed by atoms with Crippen molar-refractivity contribution >= 4 is 23.4 Å². The maximum absolute atomic E-state index is 12.6. The van der Waals surface area contributed by atoms with Crippen molar-refractivity contribution < 1.29 is 23.5 Å². The quantitative estimate of drug-likeness (QED) is 0.565. The van der Waals surface area contributed by atoms with Crippen LogP contribution in [-0.4, -0.2) is 24.3 Å². The van der Waals surface area contributed by atoms with Crippen molar-refractivity contribution in [2.24, 2.45) is 5.92 Å². The highest BCUT2D eigenvalue weighted by Crippen LogP contribution is 2.29. The maximum atomic E-state index is 12.6. The van der Waals surface area contributed by atoms with E-state index in [-0.39, 0.29) is 31.2 Å². The summed E-state index contributed by atoms with van der Waals surface area (Å²) in [5, 5.41) is 0.